The molecule has 0 saturated carbocycles. The van der Waals surface area contributed by atoms with Crippen LogP contribution < -0.4 is 5.32 Å². The van der Waals surface area contributed by atoms with Crippen molar-refractivity contribution in [2.75, 3.05) is 16.8 Å². The highest BCUT2D eigenvalue weighted by atomic mass is 32.2. The number of thioether (sulfide) groups is 1. The predicted molar refractivity (Wildman–Crippen MR) is 132 cm³/mol. The lowest BCUT2D eigenvalue weighted by Crippen LogP contribution is -2.32. The van der Waals surface area contributed by atoms with Crippen molar-refractivity contribution in [2.45, 2.75) is 19.4 Å². The zero-order valence-corrected chi connectivity index (χ0v) is 18.2. The second kappa shape index (κ2) is 7.41. The quantitative estimate of drug-likeness (QED) is 0.268. The molecule has 0 atom stereocenters. The third-order valence-electron chi connectivity index (χ3n) is 5.58. The van der Waals surface area contributed by atoms with Crippen LogP contribution in [0, 0.1) is 0 Å². The Morgan fingerprint density at radius 1 is 0.933 bits per heavy atom. The maximum absolute atomic E-state index is 6.33. The van der Waals surface area contributed by atoms with E-state index in [2.05, 4.69) is 80.4 Å². The van der Waals surface area contributed by atoms with Gasteiger partial charge < -0.3 is 9.73 Å². The zero-order valence-electron chi connectivity index (χ0n) is 17.4. The van der Waals surface area contributed by atoms with Gasteiger partial charge in [0.1, 0.15) is 11.2 Å². The first-order valence-corrected chi connectivity index (χ1v) is 11.5. The maximum Gasteiger partial charge on any atom is 0.143 e. The first-order chi connectivity index (χ1) is 14.6. The van der Waals surface area contributed by atoms with Gasteiger partial charge in [0, 0.05) is 39.0 Å². The molecular weight excluding hydrogens is 386 g/mol. The topological polar surface area (TPSA) is 25.2 Å². The van der Waals surface area contributed by atoms with Crippen molar-refractivity contribution < 1.29 is 4.42 Å². The molecule has 0 amide bonds. The summed E-state index contributed by atoms with van der Waals surface area (Å²) >= 11 is 1.90. The molecule has 1 aliphatic heterocycles. The highest BCUT2D eigenvalue weighted by Gasteiger charge is 2.27. The molecule has 3 heteroatoms. The standard InChI is InChI=1S/C27H25NOS/c1-4-15-30-17-18-16-27(2,3)28-25-19(18)10-7-11-21(25)23-13-8-12-22-20-9-5-6-14-24(20)29-26(22)23/h4-14,16,28H,1,15,17H2,2-3H3. The van der Waals surface area contributed by atoms with Crippen LogP contribution in [0.3, 0.4) is 0 Å². The van der Waals surface area contributed by atoms with Gasteiger partial charge >= 0.3 is 0 Å². The molecule has 150 valence electrons. The largest absolute Gasteiger partial charge is 0.455 e. The van der Waals surface area contributed by atoms with Crippen molar-refractivity contribution in [3.8, 4) is 11.1 Å². The van der Waals surface area contributed by atoms with E-state index in [1.165, 1.54) is 22.4 Å². The Hall–Kier alpha value is -2.91. The minimum atomic E-state index is -0.116. The van der Waals surface area contributed by atoms with Crippen LogP contribution in [-0.4, -0.2) is 17.0 Å². The molecule has 5 rings (SSSR count). The van der Waals surface area contributed by atoms with Crippen LogP contribution in [0.25, 0.3) is 38.6 Å². The predicted octanol–water partition coefficient (Wildman–Crippen LogP) is 7.76. The Morgan fingerprint density at radius 2 is 1.67 bits per heavy atom. The summed E-state index contributed by atoms with van der Waals surface area (Å²) in [6, 6.07) is 21.3. The number of fused-ring (bicyclic) bond motifs is 4. The second-order valence-electron chi connectivity index (χ2n) is 8.33. The Labute approximate surface area is 181 Å². The lowest BCUT2D eigenvalue weighted by molar-refractivity contribution is 0.670. The Kier molecular flexibility index (Phi) is 4.71. The lowest BCUT2D eigenvalue weighted by Gasteiger charge is -2.34. The van der Waals surface area contributed by atoms with Gasteiger partial charge in [-0.15, -0.1) is 6.58 Å². The summed E-state index contributed by atoms with van der Waals surface area (Å²) in [6.07, 6.45) is 4.33. The van der Waals surface area contributed by atoms with Crippen molar-refractivity contribution in [2.24, 2.45) is 0 Å². The summed E-state index contributed by atoms with van der Waals surface area (Å²) < 4.78 is 6.33. The summed E-state index contributed by atoms with van der Waals surface area (Å²) in [5.41, 5.74) is 7.91. The Bertz CT molecular complexity index is 1290. The average molecular weight is 412 g/mol. The number of anilines is 1. The molecule has 3 aromatic carbocycles. The maximum atomic E-state index is 6.33. The Morgan fingerprint density at radius 3 is 2.53 bits per heavy atom. The fourth-order valence-electron chi connectivity index (χ4n) is 4.38. The van der Waals surface area contributed by atoms with Crippen LogP contribution in [0.4, 0.5) is 5.69 Å². The van der Waals surface area contributed by atoms with E-state index in [0.717, 1.165) is 39.0 Å². The molecule has 0 unspecified atom stereocenters. The monoisotopic (exact) mass is 411 g/mol. The fraction of sp³-hybridized carbons (Fsp3) is 0.185. The van der Waals surface area contributed by atoms with Crippen LogP contribution in [-0.2, 0) is 0 Å². The van der Waals surface area contributed by atoms with Gasteiger partial charge in [-0.1, -0.05) is 66.7 Å². The molecular formula is C27H25NOS. The number of hydrogen-bond acceptors (Lipinski definition) is 3. The van der Waals surface area contributed by atoms with Gasteiger partial charge in [-0.2, -0.15) is 11.8 Å². The third kappa shape index (κ3) is 3.23. The van der Waals surface area contributed by atoms with Gasteiger partial charge in [0.2, 0.25) is 0 Å². The van der Waals surface area contributed by atoms with E-state index in [-0.39, 0.29) is 5.54 Å². The van der Waals surface area contributed by atoms with Crippen LogP contribution in [0.15, 0.2) is 83.8 Å². The molecule has 1 aliphatic rings. The summed E-state index contributed by atoms with van der Waals surface area (Å²) in [4.78, 5) is 0. The third-order valence-corrected chi connectivity index (χ3v) is 6.57. The van der Waals surface area contributed by atoms with E-state index < -0.39 is 0 Å². The zero-order chi connectivity index (χ0) is 20.7. The van der Waals surface area contributed by atoms with E-state index in [0.29, 0.717) is 0 Å². The minimum absolute atomic E-state index is 0.116. The second-order valence-corrected chi connectivity index (χ2v) is 9.36. The van der Waals surface area contributed by atoms with E-state index in [1.807, 2.05) is 30.0 Å². The van der Waals surface area contributed by atoms with E-state index in [1.54, 1.807) is 0 Å². The summed E-state index contributed by atoms with van der Waals surface area (Å²) in [7, 11) is 0. The van der Waals surface area contributed by atoms with Crippen molar-refractivity contribution >= 4 is 45.0 Å². The number of rotatable bonds is 5. The molecule has 1 aromatic heterocycles. The van der Waals surface area contributed by atoms with Crippen molar-refractivity contribution in [3.63, 3.8) is 0 Å². The van der Waals surface area contributed by atoms with Crippen LogP contribution in [0.2, 0.25) is 0 Å². The molecule has 4 aromatic rings. The fourth-order valence-corrected chi connectivity index (χ4v) is 5.12. The van der Waals surface area contributed by atoms with Gasteiger partial charge in [-0.05, 0) is 25.5 Å². The average Bonchev–Trinajstić information content (AvgIpc) is 3.12. The molecule has 0 radical (unpaired) electrons. The highest BCUT2D eigenvalue weighted by molar-refractivity contribution is 7.99. The van der Waals surface area contributed by atoms with E-state index >= 15 is 0 Å². The normalized spacial score (nSPS) is 14.9. The number of para-hydroxylation sites is 3. The van der Waals surface area contributed by atoms with Gasteiger partial charge in [0.15, 0.2) is 0 Å². The summed E-state index contributed by atoms with van der Waals surface area (Å²) in [5, 5.41) is 6.10. The summed E-state index contributed by atoms with van der Waals surface area (Å²) in [5.74, 6) is 1.93. The molecule has 0 aliphatic carbocycles. The van der Waals surface area contributed by atoms with Gasteiger partial charge in [0.25, 0.3) is 0 Å². The number of nitrogens with one attached hydrogen (secondary N) is 1. The number of benzene rings is 3. The lowest BCUT2D eigenvalue weighted by atomic mass is 9.87. The van der Waals surface area contributed by atoms with Crippen LogP contribution in [0.1, 0.15) is 19.4 Å². The molecule has 0 fully saturated rings. The van der Waals surface area contributed by atoms with Crippen molar-refractivity contribution in [1.82, 2.24) is 0 Å². The highest BCUT2D eigenvalue weighted by Crippen LogP contribution is 2.44. The van der Waals surface area contributed by atoms with Gasteiger partial charge in [-0.25, -0.2) is 0 Å². The number of furan rings is 1. The van der Waals surface area contributed by atoms with Crippen LogP contribution >= 0.6 is 11.8 Å². The summed E-state index contributed by atoms with van der Waals surface area (Å²) in [6.45, 7) is 8.31. The first kappa shape index (κ1) is 19.1. The SMILES string of the molecule is C=CCSCC1=CC(C)(C)Nc2c1cccc2-c1cccc2c1oc1ccccc12. The molecule has 2 heterocycles. The van der Waals surface area contributed by atoms with Gasteiger partial charge in [-0.3, -0.25) is 0 Å². The Balaban J connectivity index is 1.70. The smallest absolute Gasteiger partial charge is 0.143 e. The minimum Gasteiger partial charge on any atom is -0.455 e. The van der Waals surface area contributed by atoms with Crippen molar-refractivity contribution in [1.29, 1.82) is 0 Å². The van der Waals surface area contributed by atoms with Crippen LogP contribution in [0.5, 0.6) is 0 Å². The van der Waals surface area contributed by atoms with Crippen molar-refractivity contribution in [3.05, 3.63) is 85.0 Å². The molecule has 2 nitrogen and oxygen atoms in total. The number of hydrogen-bond donors (Lipinski definition) is 1. The van der Waals surface area contributed by atoms with Gasteiger partial charge in [0.05, 0.1) is 11.2 Å². The van der Waals surface area contributed by atoms with E-state index in [9.17, 15) is 0 Å². The van der Waals surface area contributed by atoms with E-state index in [4.69, 9.17) is 4.42 Å². The molecule has 0 saturated heterocycles. The molecule has 0 bridgehead atoms. The molecule has 1 N–H and O–H groups in total. The molecule has 0 spiro atoms. The molecule has 30 heavy (non-hydrogen) atoms. The first-order valence-electron chi connectivity index (χ1n) is 10.3.